The minimum Gasteiger partial charge on any atom is -0.355 e. The number of aromatic nitrogens is 3. The number of thioether (sulfide) groups is 1. The summed E-state index contributed by atoms with van der Waals surface area (Å²) in [7, 11) is 0. The van der Waals surface area contributed by atoms with E-state index in [9.17, 15) is 4.79 Å². The van der Waals surface area contributed by atoms with Crippen molar-refractivity contribution in [2.75, 3.05) is 12.0 Å². The molecule has 0 unspecified atom stereocenters. The van der Waals surface area contributed by atoms with Gasteiger partial charge in [-0.3, -0.25) is 4.79 Å². The van der Waals surface area contributed by atoms with Gasteiger partial charge in [-0.05, 0) is 30.5 Å². The molecule has 1 aliphatic rings. The highest BCUT2D eigenvalue weighted by atomic mass is 35.5. The number of hydrogen-bond acceptors (Lipinski definition) is 5. The SMILES string of the molecule is Cc1nnc2n1N[C@@H](c1ccc(Cl)cc1)[C@@H](C(=O)NCC(C)C)S2. The molecule has 0 saturated heterocycles. The fourth-order valence-electron chi connectivity index (χ4n) is 2.49. The van der Waals surface area contributed by atoms with Crippen LogP contribution in [-0.4, -0.2) is 32.6 Å². The molecule has 0 spiro atoms. The largest absolute Gasteiger partial charge is 0.355 e. The zero-order valence-corrected chi connectivity index (χ0v) is 15.4. The van der Waals surface area contributed by atoms with Crippen molar-refractivity contribution in [2.24, 2.45) is 5.92 Å². The number of carbonyl (C=O) groups is 1. The summed E-state index contributed by atoms with van der Waals surface area (Å²) in [5.41, 5.74) is 4.36. The lowest BCUT2D eigenvalue weighted by Gasteiger charge is -2.33. The Morgan fingerprint density at radius 3 is 2.75 bits per heavy atom. The summed E-state index contributed by atoms with van der Waals surface area (Å²) in [6.07, 6.45) is 0. The van der Waals surface area contributed by atoms with Crippen LogP contribution in [-0.2, 0) is 4.79 Å². The Morgan fingerprint density at radius 2 is 2.08 bits per heavy atom. The van der Waals surface area contributed by atoms with E-state index < -0.39 is 0 Å². The number of aryl methyl sites for hydroxylation is 1. The molecule has 0 radical (unpaired) electrons. The van der Waals surface area contributed by atoms with Crippen LogP contribution in [0.2, 0.25) is 5.02 Å². The normalized spacial score (nSPS) is 19.7. The van der Waals surface area contributed by atoms with Gasteiger partial charge >= 0.3 is 0 Å². The number of nitrogens with one attached hydrogen (secondary N) is 2. The molecule has 6 nitrogen and oxygen atoms in total. The molecule has 128 valence electrons. The van der Waals surface area contributed by atoms with E-state index in [-0.39, 0.29) is 17.2 Å². The molecule has 24 heavy (non-hydrogen) atoms. The molecule has 2 heterocycles. The van der Waals surface area contributed by atoms with Gasteiger partial charge < -0.3 is 10.7 Å². The van der Waals surface area contributed by atoms with Crippen molar-refractivity contribution in [1.82, 2.24) is 20.2 Å². The van der Waals surface area contributed by atoms with Crippen molar-refractivity contribution < 1.29 is 4.79 Å². The van der Waals surface area contributed by atoms with E-state index in [0.717, 1.165) is 11.4 Å². The van der Waals surface area contributed by atoms with Gasteiger partial charge in [0.25, 0.3) is 0 Å². The lowest BCUT2D eigenvalue weighted by atomic mass is 10.0. The molecule has 2 atom stereocenters. The predicted octanol–water partition coefficient (Wildman–Crippen LogP) is 2.77. The molecular weight excluding hydrogens is 346 g/mol. The number of halogens is 1. The Labute approximate surface area is 150 Å². The van der Waals surface area contributed by atoms with E-state index in [1.807, 2.05) is 35.9 Å². The van der Waals surface area contributed by atoms with Crippen LogP contribution >= 0.6 is 23.4 Å². The molecule has 1 aliphatic heterocycles. The maximum absolute atomic E-state index is 12.7. The third-order valence-corrected chi connectivity index (χ3v) is 5.24. The Bertz CT molecular complexity index is 731. The van der Waals surface area contributed by atoms with Gasteiger partial charge in [0, 0.05) is 11.6 Å². The number of rotatable bonds is 4. The molecule has 0 bridgehead atoms. The highest BCUT2D eigenvalue weighted by Gasteiger charge is 2.37. The Kier molecular flexibility index (Phi) is 5.01. The standard InChI is InChI=1S/C16H20ClN5OS/c1-9(2)8-18-15(23)14-13(11-4-6-12(17)7-5-11)21-22-10(3)19-20-16(22)24-14/h4-7,9,13-14,21H,8H2,1-3H3,(H,18,23)/t13-,14-/m0/s1. The highest BCUT2D eigenvalue weighted by molar-refractivity contribution is 8.00. The van der Waals surface area contributed by atoms with Gasteiger partial charge in [0.15, 0.2) is 0 Å². The van der Waals surface area contributed by atoms with Crippen molar-refractivity contribution in [3.8, 4) is 0 Å². The van der Waals surface area contributed by atoms with Gasteiger partial charge in [0.2, 0.25) is 11.1 Å². The van der Waals surface area contributed by atoms with Crippen LogP contribution < -0.4 is 10.7 Å². The minimum absolute atomic E-state index is 0.00643. The molecular formula is C16H20ClN5OS. The van der Waals surface area contributed by atoms with Gasteiger partial charge in [-0.15, -0.1) is 10.2 Å². The summed E-state index contributed by atoms with van der Waals surface area (Å²) in [5, 5.41) is 12.3. The van der Waals surface area contributed by atoms with Crippen molar-refractivity contribution in [2.45, 2.75) is 37.2 Å². The quantitative estimate of drug-likeness (QED) is 0.871. The predicted molar refractivity (Wildman–Crippen MR) is 95.8 cm³/mol. The average molecular weight is 366 g/mol. The number of amides is 1. The second-order valence-corrected chi connectivity index (χ2v) is 7.75. The lowest BCUT2D eigenvalue weighted by Crippen LogP contribution is -2.44. The summed E-state index contributed by atoms with van der Waals surface area (Å²) < 4.78 is 1.83. The summed E-state index contributed by atoms with van der Waals surface area (Å²) in [6, 6.07) is 7.35. The van der Waals surface area contributed by atoms with Crippen LogP contribution in [0, 0.1) is 12.8 Å². The summed E-state index contributed by atoms with van der Waals surface area (Å²) in [4.78, 5) is 12.7. The maximum atomic E-state index is 12.7. The van der Waals surface area contributed by atoms with Gasteiger partial charge in [-0.25, -0.2) is 4.68 Å². The van der Waals surface area contributed by atoms with Gasteiger partial charge in [-0.1, -0.05) is 49.3 Å². The first-order valence-electron chi connectivity index (χ1n) is 7.84. The monoisotopic (exact) mass is 365 g/mol. The van der Waals surface area contributed by atoms with E-state index in [4.69, 9.17) is 11.6 Å². The molecule has 0 saturated carbocycles. The van der Waals surface area contributed by atoms with Crippen molar-refractivity contribution in [1.29, 1.82) is 0 Å². The van der Waals surface area contributed by atoms with E-state index in [0.29, 0.717) is 22.6 Å². The molecule has 2 N–H and O–H groups in total. The zero-order chi connectivity index (χ0) is 17.3. The molecule has 1 aromatic carbocycles. The number of hydrogen-bond donors (Lipinski definition) is 2. The van der Waals surface area contributed by atoms with Crippen LogP contribution in [0.3, 0.4) is 0 Å². The Balaban J connectivity index is 1.90. The van der Waals surface area contributed by atoms with Crippen LogP contribution in [0.4, 0.5) is 0 Å². The summed E-state index contributed by atoms with van der Waals surface area (Å²) in [5.74, 6) is 1.15. The second-order valence-electron chi connectivity index (χ2n) is 6.20. The number of carbonyl (C=O) groups excluding carboxylic acids is 1. The van der Waals surface area contributed by atoms with Crippen LogP contribution in [0.15, 0.2) is 29.4 Å². The molecule has 1 aromatic heterocycles. The molecule has 0 aliphatic carbocycles. The number of fused-ring (bicyclic) bond motifs is 1. The highest BCUT2D eigenvalue weighted by Crippen LogP contribution is 2.37. The van der Waals surface area contributed by atoms with Crippen molar-refractivity contribution in [3.05, 3.63) is 40.7 Å². The van der Waals surface area contributed by atoms with E-state index >= 15 is 0 Å². The Hall–Kier alpha value is -1.73. The second kappa shape index (κ2) is 7.03. The van der Waals surface area contributed by atoms with Gasteiger partial charge in [-0.2, -0.15) is 0 Å². The molecule has 1 amide bonds. The van der Waals surface area contributed by atoms with E-state index in [1.165, 1.54) is 11.8 Å². The van der Waals surface area contributed by atoms with Gasteiger partial charge in [0.05, 0.1) is 6.04 Å². The van der Waals surface area contributed by atoms with Crippen LogP contribution in [0.1, 0.15) is 31.3 Å². The van der Waals surface area contributed by atoms with Gasteiger partial charge in [0.1, 0.15) is 11.1 Å². The topological polar surface area (TPSA) is 71.8 Å². The maximum Gasteiger partial charge on any atom is 0.236 e. The number of benzene rings is 1. The first-order valence-corrected chi connectivity index (χ1v) is 9.10. The minimum atomic E-state index is -0.332. The summed E-state index contributed by atoms with van der Waals surface area (Å²) in [6.45, 7) is 6.67. The van der Waals surface area contributed by atoms with Crippen molar-refractivity contribution >= 4 is 29.3 Å². The number of nitrogens with zero attached hydrogens (tertiary/aromatic N) is 3. The first-order chi connectivity index (χ1) is 11.5. The van der Waals surface area contributed by atoms with Crippen molar-refractivity contribution in [3.63, 3.8) is 0 Å². The van der Waals surface area contributed by atoms with E-state index in [2.05, 4.69) is 34.8 Å². The van der Waals surface area contributed by atoms with E-state index in [1.54, 1.807) is 0 Å². The first kappa shape index (κ1) is 17.1. The summed E-state index contributed by atoms with van der Waals surface area (Å²) >= 11 is 7.42. The zero-order valence-electron chi connectivity index (χ0n) is 13.8. The fraction of sp³-hybridized carbons (Fsp3) is 0.438. The molecule has 8 heteroatoms. The third kappa shape index (κ3) is 3.52. The third-order valence-electron chi connectivity index (χ3n) is 3.77. The molecule has 0 fully saturated rings. The van der Waals surface area contributed by atoms with Crippen LogP contribution in [0.25, 0.3) is 0 Å². The Morgan fingerprint density at radius 1 is 1.38 bits per heavy atom. The smallest absolute Gasteiger partial charge is 0.236 e. The lowest BCUT2D eigenvalue weighted by molar-refractivity contribution is -0.121. The van der Waals surface area contributed by atoms with Crippen LogP contribution in [0.5, 0.6) is 0 Å². The molecule has 3 rings (SSSR count). The fourth-order valence-corrected chi connectivity index (χ4v) is 3.76. The molecule has 2 aromatic rings. The average Bonchev–Trinajstić information content (AvgIpc) is 2.93.